The quantitative estimate of drug-likeness (QED) is 0.370. The summed E-state index contributed by atoms with van der Waals surface area (Å²) in [5.41, 5.74) is 6.62. The van der Waals surface area contributed by atoms with Crippen LogP contribution in [-0.2, 0) is 0 Å². The molecule has 9 heavy (non-hydrogen) atoms. The standard InChI is InChI=1S/C9H14/c1-7(2)6-9(5)8(3)4/h3H2,1-2,4-5H3. The average molecular weight is 122 g/mol. The zero-order valence-electron chi connectivity index (χ0n) is 6.71. The SMILES string of the molecule is C=C(C)C(C)=C=C(C)C. The normalized spacial score (nSPS) is 8.00. The van der Waals surface area contributed by atoms with E-state index in [-0.39, 0.29) is 0 Å². The number of rotatable bonds is 1. The fourth-order valence-corrected chi connectivity index (χ4v) is 0.482. The highest BCUT2D eigenvalue weighted by Gasteiger charge is 1.84. The molecule has 0 aromatic rings. The highest BCUT2D eigenvalue weighted by Crippen LogP contribution is 2.03. The van der Waals surface area contributed by atoms with Crippen molar-refractivity contribution in [1.29, 1.82) is 0 Å². The molecule has 0 rings (SSSR count). The van der Waals surface area contributed by atoms with Crippen molar-refractivity contribution in [3.63, 3.8) is 0 Å². The second kappa shape index (κ2) is 3.32. The molecule has 0 spiro atoms. The number of hydrogen-bond donors (Lipinski definition) is 0. The lowest BCUT2D eigenvalue weighted by molar-refractivity contribution is 1.33. The van der Waals surface area contributed by atoms with E-state index >= 15 is 0 Å². The molecule has 0 radical (unpaired) electrons. The Morgan fingerprint density at radius 2 is 1.56 bits per heavy atom. The lowest BCUT2D eigenvalue weighted by atomic mass is 10.1. The zero-order valence-corrected chi connectivity index (χ0v) is 6.71. The van der Waals surface area contributed by atoms with Crippen molar-refractivity contribution in [3.8, 4) is 0 Å². The van der Waals surface area contributed by atoms with Crippen molar-refractivity contribution < 1.29 is 0 Å². The first kappa shape index (κ1) is 8.26. The third kappa shape index (κ3) is 3.81. The van der Waals surface area contributed by atoms with Crippen LogP contribution in [0.4, 0.5) is 0 Å². The average Bonchev–Trinajstić information content (AvgIpc) is 1.63. The molecule has 0 aromatic heterocycles. The molecule has 0 unspecified atom stereocenters. The van der Waals surface area contributed by atoms with E-state index in [1.165, 1.54) is 5.57 Å². The van der Waals surface area contributed by atoms with E-state index in [4.69, 9.17) is 0 Å². The van der Waals surface area contributed by atoms with Gasteiger partial charge in [0.05, 0.1) is 0 Å². The Labute approximate surface area is 57.6 Å². The molecule has 0 aliphatic carbocycles. The van der Waals surface area contributed by atoms with E-state index in [1.54, 1.807) is 0 Å². The highest BCUT2D eigenvalue weighted by molar-refractivity contribution is 5.24. The van der Waals surface area contributed by atoms with Gasteiger partial charge in [0, 0.05) is 0 Å². The first-order valence-electron chi connectivity index (χ1n) is 3.10. The van der Waals surface area contributed by atoms with Crippen LogP contribution >= 0.6 is 0 Å². The van der Waals surface area contributed by atoms with Crippen LogP contribution in [0.15, 0.2) is 29.0 Å². The lowest BCUT2D eigenvalue weighted by Crippen LogP contribution is -1.72. The summed E-state index contributed by atoms with van der Waals surface area (Å²) in [5.74, 6) is 0. The van der Waals surface area contributed by atoms with Crippen molar-refractivity contribution in [2.24, 2.45) is 0 Å². The minimum Gasteiger partial charge on any atom is -0.119 e. The summed E-state index contributed by atoms with van der Waals surface area (Å²) in [5, 5.41) is 0. The fraction of sp³-hybridized carbons (Fsp3) is 0.444. The highest BCUT2D eigenvalue weighted by atomic mass is 13.9. The molecule has 0 saturated heterocycles. The molecule has 0 bridgehead atoms. The summed E-state index contributed by atoms with van der Waals surface area (Å²) in [6, 6.07) is 0. The minimum absolute atomic E-state index is 1.09. The molecule has 50 valence electrons. The zero-order chi connectivity index (χ0) is 7.44. The van der Waals surface area contributed by atoms with Gasteiger partial charge in [0.1, 0.15) is 0 Å². The first-order valence-corrected chi connectivity index (χ1v) is 3.10. The summed E-state index contributed by atoms with van der Waals surface area (Å²) < 4.78 is 0. The van der Waals surface area contributed by atoms with Gasteiger partial charge in [0.15, 0.2) is 0 Å². The molecule has 0 amide bonds. The van der Waals surface area contributed by atoms with Gasteiger partial charge < -0.3 is 0 Å². The van der Waals surface area contributed by atoms with Crippen molar-refractivity contribution in [1.82, 2.24) is 0 Å². The molecule has 0 fully saturated rings. The second-order valence-corrected chi connectivity index (χ2v) is 2.53. The van der Waals surface area contributed by atoms with Gasteiger partial charge in [0.25, 0.3) is 0 Å². The molecule has 0 atom stereocenters. The predicted molar refractivity (Wildman–Crippen MR) is 42.4 cm³/mol. The van der Waals surface area contributed by atoms with Crippen molar-refractivity contribution in [2.75, 3.05) is 0 Å². The molecule has 0 aromatic carbocycles. The van der Waals surface area contributed by atoms with Gasteiger partial charge in [-0.05, 0) is 44.4 Å². The van der Waals surface area contributed by atoms with Crippen LogP contribution in [0.1, 0.15) is 27.7 Å². The van der Waals surface area contributed by atoms with Crippen molar-refractivity contribution in [3.05, 3.63) is 29.0 Å². The maximum Gasteiger partial charge on any atom is -0.00688 e. The van der Waals surface area contributed by atoms with Crippen LogP contribution in [0.25, 0.3) is 0 Å². The Kier molecular flexibility index (Phi) is 3.05. The Balaban J connectivity index is 4.55. The van der Waals surface area contributed by atoms with E-state index in [2.05, 4.69) is 12.3 Å². The van der Waals surface area contributed by atoms with Crippen LogP contribution in [0.2, 0.25) is 0 Å². The molecule has 0 saturated carbocycles. The van der Waals surface area contributed by atoms with Crippen molar-refractivity contribution in [2.45, 2.75) is 27.7 Å². The maximum absolute atomic E-state index is 3.80. The molecule has 0 N–H and O–H groups in total. The number of allylic oxidation sites excluding steroid dienone is 2. The molecular formula is C9H14. The summed E-state index contributed by atoms with van der Waals surface area (Å²) in [7, 11) is 0. The summed E-state index contributed by atoms with van der Waals surface area (Å²) in [6.45, 7) is 11.9. The Morgan fingerprint density at radius 1 is 1.11 bits per heavy atom. The van der Waals surface area contributed by atoms with E-state index in [0.29, 0.717) is 0 Å². The van der Waals surface area contributed by atoms with Gasteiger partial charge in [-0.25, -0.2) is 0 Å². The van der Waals surface area contributed by atoms with Crippen LogP contribution in [0, 0.1) is 0 Å². The molecule has 0 nitrogen and oxygen atoms in total. The van der Waals surface area contributed by atoms with Crippen molar-refractivity contribution >= 4 is 0 Å². The third-order valence-corrected chi connectivity index (χ3v) is 1.08. The van der Waals surface area contributed by atoms with Gasteiger partial charge in [0.2, 0.25) is 0 Å². The van der Waals surface area contributed by atoms with E-state index in [1.807, 2.05) is 27.7 Å². The monoisotopic (exact) mass is 122 g/mol. The Hall–Kier alpha value is -0.740. The molecular weight excluding hydrogens is 108 g/mol. The Bertz CT molecular complexity index is 172. The number of hydrogen-bond acceptors (Lipinski definition) is 0. The molecule has 0 heterocycles. The molecule has 0 aliphatic rings. The first-order chi connectivity index (χ1) is 4.04. The summed E-state index contributed by atoms with van der Waals surface area (Å²) in [6.07, 6.45) is 0. The van der Waals surface area contributed by atoms with Crippen LogP contribution in [-0.4, -0.2) is 0 Å². The van der Waals surface area contributed by atoms with Gasteiger partial charge in [-0.1, -0.05) is 6.58 Å². The van der Waals surface area contributed by atoms with Crippen LogP contribution < -0.4 is 0 Å². The topological polar surface area (TPSA) is 0 Å². The smallest absolute Gasteiger partial charge is 0.00688 e. The van der Waals surface area contributed by atoms with Gasteiger partial charge in [-0.2, -0.15) is 0 Å². The largest absolute Gasteiger partial charge is 0.119 e. The summed E-state index contributed by atoms with van der Waals surface area (Å²) >= 11 is 0. The van der Waals surface area contributed by atoms with E-state index < -0.39 is 0 Å². The molecule has 0 heteroatoms. The lowest BCUT2D eigenvalue weighted by Gasteiger charge is -1.91. The summed E-state index contributed by atoms with van der Waals surface area (Å²) in [4.78, 5) is 0. The Morgan fingerprint density at radius 3 is 1.67 bits per heavy atom. The predicted octanol–water partition coefficient (Wildman–Crippen LogP) is 3.07. The minimum atomic E-state index is 1.09. The van der Waals surface area contributed by atoms with Crippen LogP contribution in [0.5, 0.6) is 0 Å². The molecule has 0 aliphatic heterocycles. The fourth-order valence-electron chi connectivity index (χ4n) is 0.482. The second-order valence-electron chi connectivity index (χ2n) is 2.53. The van der Waals surface area contributed by atoms with E-state index in [9.17, 15) is 0 Å². The van der Waals surface area contributed by atoms with Crippen LogP contribution in [0.3, 0.4) is 0 Å². The van der Waals surface area contributed by atoms with Gasteiger partial charge in [-0.3, -0.25) is 0 Å². The van der Waals surface area contributed by atoms with E-state index in [0.717, 1.165) is 11.1 Å². The van der Waals surface area contributed by atoms with Gasteiger partial charge >= 0.3 is 0 Å². The van der Waals surface area contributed by atoms with Gasteiger partial charge in [-0.15, -0.1) is 5.73 Å². The maximum atomic E-state index is 3.80. The third-order valence-electron chi connectivity index (χ3n) is 1.08.